The summed E-state index contributed by atoms with van der Waals surface area (Å²) in [5, 5.41) is 8.16. The zero-order valence-electron chi connectivity index (χ0n) is 10.2. The second-order valence-electron chi connectivity index (χ2n) is 3.12. The Bertz CT molecular complexity index is 381. The number of hydrogen-bond acceptors (Lipinski definition) is 3. The Kier molecular flexibility index (Phi) is 7.83. The first-order chi connectivity index (χ1) is 8.11. The zero-order chi connectivity index (χ0) is 13.3. The molecule has 1 aromatic rings. The van der Waals surface area contributed by atoms with E-state index in [0.29, 0.717) is 11.3 Å². The molecule has 0 aliphatic heterocycles. The molecule has 3 nitrogen and oxygen atoms in total. The number of carbonyl (C=O) groups is 1. The number of halogens is 1. The van der Waals surface area contributed by atoms with E-state index in [4.69, 9.17) is 21.6 Å². The second-order valence-corrected chi connectivity index (χ2v) is 3.55. The molecule has 1 atom stereocenters. The van der Waals surface area contributed by atoms with Gasteiger partial charge in [-0.15, -0.1) is 0 Å². The van der Waals surface area contributed by atoms with Crippen LogP contribution in [0, 0.1) is 11.3 Å². The van der Waals surface area contributed by atoms with Crippen molar-refractivity contribution in [1.29, 1.82) is 5.26 Å². The summed E-state index contributed by atoms with van der Waals surface area (Å²) < 4.78 is 5.41. The number of benzene rings is 1. The Balaban J connectivity index is 0.00000121. The quantitative estimate of drug-likeness (QED) is 0.772. The fraction of sp³-hybridized carbons (Fsp3) is 0.385. The summed E-state index contributed by atoms with van der Waals surface area (Å²) in [6.07, 6.45) is -0.0930. The topological polar surface area (TPSA) is 50.1 Å². The van der Waals surface area contributed by atoms with Gasteiger partial charge in [-0.1, -0.05) is 13.8 Å². The van der Waals surface area contributed by atoms with Crippen LogP contribution in [0.3, 0.4) is 0 Å². The van der Waals surface area contributed by atoms with Crippen molar-refractivity contribution < 1.29 is 9.53 Å². The van der Waals surface area contributed by atoms with E-state index in [1.165, 1.54) is 0 Å². The van der Waals surface area contributed by atoms with Crippen LogP contribution in [0.2, 0.25) is 0 Å². The molecule has 1 aromatic carbocycles. The van der Waals surface area contributed by atoms with Gasteiger partial charge in [-0.2, -0.15) is 5.26 Å². The molecule has 92 valence electrons. The first-order valence-corrected chi connectivity index (χ1v) is 5.85. The average molecular weight is 254 g/mol. The minimum Gasteiger partial charge on any atom is -0.490 e. The minimum absolute atomic E-state index is 0.168. The summed E-state index contributed by atoms with van der Waals surface area (Å²) >= 11 is 5.22. The maximum Gasteiger partial charge on any atom is 0.225 e. The van der Waals surface area contributed by atoms with Crippen LogP contribution >= 0.6 is 11.6 Å². The maximum atomic E-state index is 10.6. The van der Waals surface area contributed by atoms with Crippen LogP contribution in [-0.2, 0) is 4.79 Å². The SMILES string of the molecule is CC.CC(CC(=O)Cl)Oc1ccc(C#N)cc1. The normalized spacial score (nSPS) is 10.5. The number of hydrogen-bond donors (Lipinski definition) is 0. The van der Waals surface area contributed by atoms with Crippen molar-refractivity contribution in [2.24, 2.45) is 0 Å². The molecule has 1 unspecified atom stereocenters. The van der Waals surface area contributed by atoms with E-state index in [-0.39, 0.29) is 12.5 Å². The van der Waals surface area contributed by atoms with Crippen LogP contribution in [0.4, 0.5) is 0 Å². The Hall–Kier alpha value is -1.53. The van der Waals surface area contributed by atoms with Gasteiger partial charge in [-0.25, -0.2) is 0 Å². The summed E-state index contributed by atoms with van der Waals surface area (Å²) in [5.74, 6) is 0.624. The molecule has 0 aromatic heterocycles. The van der Waals surface area contributed by atoms with Crippen molar-refractivity contribution in [2.75, 3.05) is 0 Å². The molecular weight excluding hydrogens is 238 g/mol. The predicted octanol–water partition coefficient (Wildman–Crippen LogP) is 3.51. The predicted molar refractivity (Wildman–Crippen MR) is 68.1 cm³/mol. The van der Waals surface area contributed by atoms with Crippen molar-refractivity contribution in [1.82, 2.24) is 0 Å². The van der Waals surface area contributed by atoms with Crippen molar-refractivity contribution in [3.05, 3.63) is 29.8 Å². The molecule has 0 aliphatic rings. The number of carbonyl (C=O) groups excluding carboxylic acids is 1. The highest BCUT2D eigenvalue weighted by molar-refractivity contribution is 6.63. The number of rotatable bonds is 4. The monoisotopic (exact) mass is 253 g/mol. The fourth-order valence-electron chi connectivity index (χ4n) is 1.11. The van der Waals surface area contributed by atoms with E-state index in [0.717, 1.165) is 0 Å². The molecule has 0 spiro atoms. The number of nitriles is 1. The van der Waals surface area contributed by atoms with E-state index in [1.54, 1.807) is 31.2 Å². The van der Waals surface area contributed by atoms with Crippen LogP contribution in [-0.4, -0.2) is 11.3 Å². The summed E-state index contributed by atoms with van der Waals surface area (Å²) in [6, 6.07) is 8.70. The Morgan fingerprint density at radius 2 is 1.94 bits per heavy atom. The average Bonchev–Trinajstić information content (AvgIpc) is 2.31. The molecular formula is C13H16ClNO2. The Morgan fingerprint density at radius 3 is 2.35 bits per heavy atom. The van der Waals surface area contributed by atoms with E-state index >= 15 is 0 Å². The Morgan fingerprint density at radius 1 is 1.41 bits per heavy atom. The largest absolute Gasteiger partial charge is 0.490 e. The third kappa shape index (κ3) is 6.60. The van der Waals surface area contributed by atoms with Gasteiger partial charge in [0.25, 0.3) is 0 Å². The first-order valence-electron chi connectivity index (χ1n) is 5.47. The van der Waals surface area contributed by atoms with Crippen LogP contribution in [0.5, 0.6) is 5.75 Å². The summed E-state index contributed by atoms with van der Waals surface area (Å²) in [6.45, 7) is 5.76. The summed E-state index contributed by atoms with van der Waals surface area (Å²) in [4.78, 5) is 10.6. The smallest absolute Gasteiger partial charge is 0.225 e. The number of nitrogens with zero attached hydrogens (tertiary/aromatic N) is 1. The highest BCUT2D eigenvalue weighted by Gasteiger charge is 2.08. The third-order valence-corrected chi connectivity index (χ3v) is 1.92. The van der Waals surface area contributed by atoms with Crippen molar-refractivity contribution in [2.45, 2.75) is 33.3 Å². The van der Waals surface area contributed by atoms with Gasteiger partial charge in [0.15, 0.2) is 0 Å². The van der Waals surface area contributed by atoms with Crippen LogP contribution in [0.15, 0.2) is 24.3 Å². The van der Waals surface area contributed by atoms with Crippen molar-refractivity contribution in [3.63, 3.8) is 0 Å². The van der Waals surface area contributed by atoms with Crippen molar-refractivity contribution in [3.8, 4) is 11.8 Å². The molecule has 0 heterocycles. The van der Waals surface area contributed by atoms with Gasteiger partial charge in [-0.05, 0) is 42.8 Å². The fourth-order valence-corrected chi connectivity index (χ4v) is 1.33. The lowest BCUT2D eigenvalue weighted by Gasteiger charge is -2.12. The van der Waals surface area contributed by atoms with E-state index in [2.05, 4.69) is 0 Å². The molecule has 0 saturated heterocycles. The van der Waals surface area contributed by atoms with Gasteiger partial charge in [0.1, 0.15) is 11.9 Å². The molecule has 0 fully saturated rings. The lowest BCUT2D eigenvalue weighted by molar-refractivity contribution is -0.112. The molecule has 17 heavy (non-hydrogen) atoms. The maximum absolute atomic E-state index is 10.6. The molecule has 0 amide bonds. The first kappa shape index (κ1) is 15.5. The van der Waals surface area contributed by atoms with Gasteiger partial charge in [0.2, 0.25) is 5.24 Å². The third-order valence-electron chi connectivity index (χ3n) is 1.77. The molecule has 0 N–H and O–H groups in total. The van der Waals surface area contributed by atoms with Gasteiger partial charge >= 0.3 is 0 Å². The van der Waals surface area contributed by atoms with E-state index < -0.39 is 5.24 Å². The van der Waals surface area contributed by atoms with Crippen LogP contribution < -0.4 is 4.74 Å². The van der Waals surface area contributed by atoms with Crippen LogP contribution in [0.1, 0.15) is 32.8 Å². The van der Waals surface area contributed by atoms with Crippen molar-refractivity contribution >= 4 is 16.8 Å². The molecule has 1 rings (SSSR count). The van der Waals surface area contributed by atoms with Gasteiger partial charge in [0, 0.05) is 0 Å². The summed E-state index contributed by atoms with van der Waals surface area (Å²) in [5.41, 5.74) is 0.573. The Labute approximate surface area is 107 Å². The lowest BCUT2D eigenvalue weighted by Crippen LogP contribution is -2.14. The minimum atomic E-state index is -0.420. The van der Waals surface area contributed by atoms with E-state index in [9.17, 15) is 4.79 Å². The molecule has 0 aliphatic carbocycles. The van der Waals surface area contributed by atoms with Gasteiger partial charge in [0.05, 0.1) is 18.1 Å². The van der Waals surface area contributed by atoms with Gasteiger partial charge < -0.3 is 4.74 Å². The molecule has 4 heteroatoms. The molecule has 0 radical (unpaired) electrons. The summed E-state index contributed by atoms with van der Waals surface area (Å²) in [7, 11) is 0. The lowest BCUT2D eigenvalue weighted by atomic mass is 10.2. The number of ether oxygens (including phenoxy) is 1. The van der Waals surface area contributed by atoms with Crippen LogP contribution in [0.25, 0.3) is 0 Å². The second kappa shape index (κ2) is 8.60. The highest BCUT2D eigenvalue weighted by Crippen LogP contribution is 2.14. The standard InChI is InChI=1S/C11H10ClNO2.C2H6/c1-8(6-11(12)14)15-10-4-2-9(7-13)3-5-10;1-2/h2-5,8H,6H2,1H3;1-2H3. The van der Waals surface area contributed by atoms with E-state index in [1.807, 2.05) is 19.9 Å². The zero-order valence-corrected chi connectivity index (χ0v) is 11.0. The van der Waals surface area contributed by atoms with Gasteiger partial charge in [-0.3, -0.25) is 4.79 Å². The molecule has 0 saturated carbocycles. The molecule has 0 bridgehead atoms. The highest BCUT2D eigenvalue weighted by atomic mass is 35.5.